The van der Waals surface area contributed by atoms with E-state index in [9.17, 15) is 0 Å². The van der Waals surface area contributed by atoms with E-state index >= 15 is 0 Å². The van der Waals surface area contributed by atoms with Gasteiger partial charge in [-0.15, -0.1) is 0 Å². The van der Waals surface area contributed by atoms with Crippen LogP contribution in [-0.2, 0) is 0 Å². The van der Waals surface area contributed by atoms with Crippen LogP contribution in [0.2, 0.25) is 0 Å². The number of benzene rings is 1. The van der Waals surface area contributed by atoms with Gasteiger partial charge in [-0.25, -0.2) is 0 Å². The molecule has 0 unspecified atom stereocenters. The minimum absolute atomic E-state index is 0.924. The van der Waals surface area contributed by atoms with Crippen molar-refractivity contribution in [3.63, 3.8) is 0 Å². The molecule has 0 aliphatic carbocycles. The molecule has 2 nitrogen and oxygen atoms in total. The van der Waals surface area contributed by atoms with Crippen LogP contribution >= 0.6 is 0 Å². The number of nitrogens with one attached hydrogen (secondary N) is 1. The predicted octanol–water partition coefficient (Wildman–Crippen LogP) is 2.83. The van der Waals surface area contributed by atoms with E-state index in [2.05, 4.69) is 31.3 Å². The number of aryl methyl sites for hydroxylation is 1. The Morgan fingerprint density at radius 3 is 2.77 bits per heavy atom. The zero-order valence-electron chi connectivity index (χ0n) is 8.55. The standard InChI is InChI=1S/C11H17NO/c1-4-7-12-10-6-5-9(2)8-11(10)13-3/h5-6,8,12H,4,7H2,1-3H3. The fraction of sp³-hybridized carbons (Fsp3) is 0.455. The number of hydrogen-bond acceptors (Lipinski definition) is 2. The normalized spacial score (nSPS) is 9.77. The van der Waals surface area contributed by atoms with Crippen molar-refractivity contribution in [2.75, 3.05) is 19.0 Å². The van der Waals surface area contributed by atoms with Crippen LogP contribution in [0.3, 0.4) is 0 Å². The van der Waals surface area contributed by atoms with Gasteiger partial charge in [0.2, 0.25) is 0 Å². The van der Waals surface area contributed by atoms with Crippen molar-refractivity contribution in [3.05, 3.63) is 23.8 Å². The van der Waals surface area contributed by atoms with E-state index in [1.807, 2.05) is 6.07 Å². The summed E-state index contributed by atoms with van der Waals surface area (Å²) in [5.41, 5.74) is 2.30. The van der Waals surface area contributed by atoms with Crippen LogP contribution in [0.5, 0.6) is 5.75 Å². The van der Waals surface area contributed by atoms with Gasteiger partial charge in [-0.3, -0.25) is 0 Å². The van der Waals surface area contributed by atoms with E-state index in [1.165, 1.54) is 5.56 Å². The Morgan fingerprint density at radius 1 is 1.38 bits per heavy atom. The number of anilines is 1. The fourth-order valence-electron chi connectivity index (χ4n) is 1.20. The largest absolute Gasteiger partial charge is 0.495 e. The molecule has 0 spiro atoms. The fourth-order valence-corrected chi connectivity index (χ4v) is 1.20. The van der Waals surface area contributed by atoms with E-state index in [0.717, 1.165) is 24.4 Å². The summed E-state index contributed by atoms with van der Waals surface area (Å²) < 4.78 is 5.26. The van der Waals surface area contributed by atoms with Crippen molar-refractivity contribution >= 4 is 5.69 Å². The zero-order valence-corrected chi connectivity index (χ0v) is 8.55. The Morgan fingerprint density at radius 2 is 2.15 bits per heavy atom. The number of hydrogen-bond donors (Lipinski definition) is 1. The van der Waals surface area contributed by atoms with Gasteiger partial charge in [0.25, 0.3) is 0 Å². The van der Waals surface area contributed by atoms with Crippen molar-refractivity contribution in [1.29, 1.82) is 0 Å². The molecule has 1 aromatic carbocycles. The average Bonchev–Trinajstić information content (AvgIpc) is 2.16. The third kappa shape index (κ3) is 2.65. The van der Waals surface area contributed by atoms with Crippen LogP contribution in [0, 0.1) is 6.92 Å². The smallest absolute Gasteiger partial charge is 0.142 e. The highest BCUT2D eigenvalue weighted by molar-refractivity contribution is 5.57. The summed E-state index contributed by atoms with van der Waals surface area (Å²) in [6.07, 6.45) is 1.12. The summed E-state index contributed by atoms with van der Waals surface area (Å²) in [6, 6.07) is 6.18. The predicted molar refractivity (Wildman–Crippen MR) is 56.5 cm³/mol. The van der Waals surface area contributed by atoms with E-state index in [-0.39, 0.29) is 0 Å². The molecule has 1 rings (SSSR count). The molecule has 1 N–H and O–H groups in total. The average molecular weight is 179 g/mol. The van der Waals surface area contributed by atoms with Crippen molar-refractivity contribution in [3.8, 4) is 5.75 Å². The second-order valence-corrected chi connectivity index (χ2v) is 3.13. The van der Waals surface area contributed by atoms with Gasteiger partial charge in [-0.1, -0.05) is 13.0 Å². The van der Waals surface area contributed by atoms with Gasteiger partial charge in [-0.05, 0) is 31.0 Å². The van der Waals surface area contributed by atoms with Crippen molar-refractivity contribution in [2.24, 2.45) is 0 Å². The molecule has 0 heterocycles. The Hall–Kier alpha value is -1.18. The molecular formula is C11H17NO. The number of ether oxygens (including phenoxy) is 1. The summed E-state index contributed by atoms with van der Waals surface area (Å²) in [6.45, 7) is 5.19. The minimum Gasteiger partial charge on any atom is -0.495 e. The lowest BCUT2D eigenvalue weighted by atomic mass is 10.2. The molecule has 0 aliphatic heterocycles. The molecule has 0 saturated carbocycles. The monoisotopic (exact) mass is 179 g/mol. The Bertz CT molecular complexity index is 271. The maximum Gasteiger partial charge on any atom is 0.142 e. The lowest BCUT2D eigenvalue weighted by molar-refractivity contribution is 0.416. The lowest BCUT2D eigenvalue weighted by Gasteiger charge is -2.10. The van der Waals surface area contributed by atoms with Gasteiger partial charge < -0.3 is 10.1 Å². The molecule has 0 fully saturated rings. The highest BCUT2D eigenvalue weighted by Gasteiger charge is 2.00. The van der Waals surface area contributed by atoms with E-state index in [4.69, 9.17) is 4.74 Å². The van der Waals surface area contributed by atoms with Gasteiger partial charge in [0.1, 0.15) is 5.75 Å². The first-order chi connectivity index (χ1) is 6.27. The quantitative estimate of drug-likeness (QED) is 0.767. The zero-order chi connectivity index (χ0) is 9.68. The Balaban J connectivity index is 2.79. The number of methoxy groups -OCH3 is 1. The van der Waals surface area contributed by atoms with Crippen LogP contribution in [-0.4, -0.2) is 13.7 Å². The Kier molecular flexibility index (Phi) is 3.62. The van der Waals surface area contributed by atoms with E-state index in [1.54, 1.807) is 7.11 Å². The summed E-state index contributed by atoms with van der Waals surface area (Å²) in [7, 11) is 1.70. The molecule has 72 valence electrons. The first-order valence-corrected chi connectivity index (χ1v) is 4.66. The van der Waals surface area contributed by atoms with Crippen LogP contribution < -0.4 is 10.1 Å². The molecule has 2 heteroatoms. The molecule has 0 amide bonds. The molecule has 1 aromatic rings. The molecule has 0 atom stereocenters. The van der Waals surface area contributed by atoms with Gasteiger partial charge in [0.15, 0.2) is 0 Å². The third-order valence-corrected chi connectivity index (χ3v) is 1.92. The highest BCUT2D eigenvalue weighted by atomic mass is 16.5. The SMILES string of the molecule is CCCNc1ccc(C)cc1OC. The molecule has 0 aromatic heterocycles. The number of rotatable bonds is 4. The van der Waals surface area contributed by atoms with Crippen LogP contribution in [0.25, 0.3) is 0 Å². The van der Waals surface area contributed by atoms with Crippen LogP contribution in [0.4, 0.5) is 5.69 Å². The summed E-state index contributed by atoms with van der Waals surface area (Å²) in [4.78, 5) is 0. The summed E-state index contributed by atoms with van der Waals surface area (Å²) >= 11 is 0. The van der Waals surface area contributed by atoms with Crippen molar-refractivity contribution in [2.45, 2.75) is 20.3 Å². The Labute approximate surface area is 79.9 Å². The first kappa shape index (κ1) is 9.90. The summed E-state index contributed by atoms with van der Waals surface area (Å²) in [5, 5.41) is 3.32. The molecule has 0 aliphatic rings. The maximum atomic E-state index is 5.26. The summed E-state index contributed by atoms with van der Waals surface area (Å²) in [5.74, 6) is 0.924. The van der Waals surface area contributed by atoms with Gasteiger partial charge in [-0.2, -0.15) is 0 Å². The van der Waals surface area contributed by atoms with Gasteiger partial charge in [0, 0.05) is 6.54 Å². The molecule has 0 radical (unpaired) electrons. The van der Waals surface area contributed by atoms with E-state index < -0.39 is 0 Å². The van der Waals surface area contributed by atoms with Crippen molar-refractivity contribution in [1.82, 2.24) is 0 Å². The lowest BCUT2D eigenvalue weighted by Crippen LogP contribution is -2.01. The molecule has 0 bridgehead atoms. The van der Waals surface area contributed by atoms with Crippen LogP contribution in [0.15, 0.2) is 18.2 Å². The van der Waals surface area contributed by atoms with E-state index in [0.29, 0.717) is 0 Å². The first-order valence-electron chi connectivity index (χ1n) is 4.66. The molecule has 13 heavy (non-hydrogen) atoms. The van der Waals surface area contributed by atoms with Crippen molar-refractivity contribution < 1.29 is 4.74 Å². The second-order valence-electron chi connectivity index (χ2n) is 3.13. The highest BCUT2D eigenvalue weighted by Crippen LogP contribution is 2.24. The topological polar surface area (TPSA) is 21.3 Å². The molecular weight excluding hydrogens is 162 g/mol. The third-order valence-electron chi connectivity index (χ3n) is 1.92. The maximum absolute atomic E-state index is 5.26. The van der Waals surface area contributed by atoms with Gasteiger partial charge in [0.05, 0.1) is 12.8 Å². The second kappa shape index (κ2) is 4.75. The minimum atomic E-state index is 0.924. The van der Waals surface area contributed by atoms with Gasteiger partial charge >= 0.3 is 0 Å². The van der Waals surface area contributed by atoms with Crippen LogP contribution in [0.1, 0.15) is 18.9 Å². The molecule has 0 saturated heterocycles.